The van der Waals surface area contributed by atoms with Crippen LogP contribution in [-0.4, -0.2) is 24.0 Å². The van der Waals surface area contributed by atoms with Crippen molar-refractivity contribution in [2.75, 3.05) is 7.11 Å². The predicted octanol–water partition coefficient (Wildman–Crippen LogP) is 1.87. The van der Waals surface area contributed by atoms with E-state index in [2.05, 4.69) is 9.89 Å². The summed E-state index contributed by atoms with van der Waals surface area (Å²) in [5.74, 6) is -0.353. The van der Waals surface area contributed by atoms with Crippen molar-refractivity contribution in [3.05, 3.63) is 35.4 Å². The fourth-order valence-corrected chi connectivity index (χ4v) is 1.21. The molecule has 15 heavy (non-hydrogen) atoms. The molecular formula is C11H13NO3. The number of esters is 1. The van der Waals surface area contributed by atoms with Crippen molar-refractivity contribution in [1.29, 1.82) is 0 Å². The van der Waals surface area contributed by atoms with Gasteiger partial charge in [-0.15, -0.1) is 0 Å². The molecule has 0 saturated heterocycles. The van der Waals surface area contributed by atoms with Gasteiger partial charge in [0, 0.05) is 6.42 Å². The molecular weight excluding hydrogens is 194 g/mol. The Bertz CT molecular complexity index is 368. The molecule has 0 aromatic heterocycles. The van der Waals surface area contributed by atoms with Crippen LogP contribution in [0.4, 0.5) is 0 Å². The van der Waals surface area contributed by atoms with Crippen LogP contribution in [0.1, 0.15) is 22.8 Å². The van der Waals surface area contributed by atoms with E-state index < -0.39 is 0 Å². The van der Waals surface area contributed by atoms with Crippen molar-refractivity contribution in [2.24, 2.45) is 5.16 Å². The number of carbonyl (C=O) groups excluding carboxylic acids is 1. The van der Waals surface area contributed by atoms with Crippen LogP contribution < -0.4 is 0 Å². The third-order valence-corrected chi connectivity index (χ3v) is 2.01. The largest absolute Gasteiger partial charge is 0.465 e. The van der Waals surface area contributed by atoms with Gasteiger partial charge in [-0.3, -0.25) is 0 Å². The minimum Gasteiger partial charge on any atom is -0.465 e. The summed E-state index contributed by atoms with van der Waals surface area (Å²) in [6.07, 6.45) is 0.567. The van der Waals surface area contributed by atoms with Crippen LogP contribution in [0.5, 0.6) is 0 Å². The molecule has 0 unspecified atom stereocenters. The van der Waals surface area contributed by atoms with E-state index in [1.807, 2.05) is 0 Å². The maximum atomic E-state index is 11.1. The quantitative estimate of drug-likeness (QED) is 0.356. The molecule has 1 aromatic carbocycles. The van der Waals surface area contributed by atoms with Crippen LogP contribution in [0.2, 0.25) is 0 Å². The van der Waals surface area contributed by atoms with Gasteiger partial charge in [-0.25, -0.2) is 4.79 Å². The van der Waals surface area contributed by atoms with E-state index >= 15 is 0 Å². The summed E-state index contributed by atoms with van der Waals surface area (Å²) >= 11 is 0. The molecule has 0 spiro atoms. The molecule has 1 rings (SSSR count). The molecule has 0 radical (unpaired) electrons. The number of methoxy groups -OCH3 is 1. The highest BCUT2D eigenvalue weighted by atomic mass is 16.5. The number of rotatable bonds is 3. The van der Waals surface area contributed by atoms with Gasteiger partial charge in [-0.2, -0.15) is 0 Å². The third kappa shape index (κ3) is 3.09. The van der Waals surface area contributed by atoms with Crippen molar-refractivity contribution in [3.63, 3.8) is 0 Å². The van der Waals surface area contributed by atoms with Crippen LogP contribution in [0.3, 0.4) is 0 Å². The fraction of sp³-hybridized carbons (Fsp3) is 0.273. The molecule has 1 aromatic rings. The summed E-state index contributed by atoms with van der Waals surface area (Å²) < 4.78 is 4.58. The number of ether oxygens (including phenoxy) is 1. The van der Waals surface area contributed by atoms with E-state index in [9.17, 15) is 4.79 Å². The molecule has 0 saturated carbocycles. The maximum Gasteiger partial charge on any atom is 0.337 e. The van der Waals surface area contributed by atoms with Gasteiger partial charge in [0.25, 0.3) is 0 Å². The Kier molecular flexibility index (Phi) is 3.85. The van der Waals surface area contributed by atoms with Gasteiger partial charge in [0.15, 0.2) is 0 Å². The zero-order valence-electron chi connectivity index (χ0n) is 8.73. The fourth-order valence-electron chi connectivity index (χ4n) is 1.21. The van der Waals surface area contributed by atoms with Crippen LogP contribution in [0.15, 0.2) is 29.4 Å². The normalized spacial score (nSPS) is 11.2. The molecule has 0 atom stereocenters. The zero-order valence-corrected chi connectivity index (χ0v) is 8.73. The van der Waals surface area contributed by atoms with E-state index in [4.69, 9.17) is 5.21 Å². The molecule has 4 nitrogen and oxygen atoms in total. The molecule has 1 N–H and O–H groups in total. The average Bonchev–Trinajstić information content (AvgIpc) is 2.29. The molecule has 0 aliphatic carbocycles. The molecule has 80 valence electrons. The second-order valence-electron chi connectivity index (χ2n) is 3.20. The second kappa shape index (κ2) is 5.14. The molecule has 0 aliphatic rings. The summed E-state index contributed by atoms with van der Waals surface area (Å²) in [5.41, 5.74) is 2.12. The van der Waals surface area contributed by atoms with Crippen LogP contribution in [-0.2, 0) is 11.2 Å². The van der Waals surface area contributed by atoms with Crippen molar-refractivity contribution in [1.82, 2.24) is 0 Å². The number of nitrogens with zero attached hydrogens (tertiary/aromatic N) is 1. The lowest BCUT2D eigenvalue weighted by Crippen LogP contribution is -2.02. The third-order valence-electron chi connectivity index (χ3n) is 2.01. The molecule has 0 amide bonds. The topological polar surface area (TPSA) is 58.9 Å². The standard InChI is InChI=1S/C11H13NO3/c1-8(12-14)7-9-3-5-10(6-4-9)11(13)15-2/h3-6,14H,7H2,1-2H3/b12-8+. The SMILES string of the molecule is COC(=O)c1ccc(C/C(C)=N/O)cc1. The van der Waals surface area contributed by atoms with Crippen LogP contribution >= 0.6 is 0 Å². The van der Waals surface area contributed by atoms with Gasteiger partial charge < -0.3 is 9.94 Å². The second-order valence-corrected chi connectivity index (χ2v) is 3.20. The summed E-state index contributed by atoms with van der Waals surface area (Å²) in [5, 5.41) is 11.6. The number of benzene rings is 1. The first-order valence-corrected chi connectivity index (χ1v) is 4.52. The zero-order chi connectivity index (χ0) is 11.3. The maximum absolute atomic E-state index is 11.1. The molecule has 0 bridgehead atoms. The minimum atomic E-state index is -0.353. The predicted molar refractivity (Wildman–Crippen MR) is 56.4 cm³/mol. The lowest BCUT2D eigenvalue weighted by Gasteiger charge is -2.01. The first-order chi connectivity index (χ1) is 7.17. The Hall–Kier alpha value is -1.84. The number of hydrogen-bond acceptors (Lipinski definition) is 4. The van der Waals surface area contributed by atoms with E-state index in [1.54, 1.807) is 31.2 Å². The van der Waals surface area contributed by atoms with Crippen LogP contribution in [0.25, 0.3) is 0 Å². The van der Waals surface area contributed by atoms with Gasteiger partial charge in [-0.05, 0) is 24.6 Å². The Morgan fingerprint density at radius 2 is 2.00 bits per heavy atom. The minimum absolute atomic E-state index is 0.353. The van der Waals surface area contributed by atoms with Gasteiger partial charge in [0.2, 0.25) is 0 Å². The Morgan fingerprint density at radius 1 is 1.40 bits per heavy atom. The lowest BCUT2D eigenvalue weighted by atomic mass is 10.1. The smallest absolute Gasteiger partial charge is 0.337 e. The highest BCUT2D eigenvalue weighted by molar-refractivity contribution is 5.89. The Balaban J connectivity index is 2.77. The number of oxime groups is 1. The Labute approximate surface area is 88.2 Å². The first kappa shape index (κ1) is 11.2. The van der Waals surface area contributed by atoms with E-state index in [1.165, 1.54) is 7.11 Å². The molecule has 0 fully saturated rings. The van der Waals surface area contributed by atoms with E-state index in [0.717, 1.165) is 5.56 Å². The molecule has 0 aliphatic heterocycles. The van der Waals surface area contributed by atoms with E-state index in [0.29, 0.717) is 17.7 Å². The van der Waals surface area contributed by atoms with Gasteiger partial charge in [0.05, 0.1) is 18.4 Å². The Morgan fingerprint density at radius 3 is 2.47 bits per heavy atom. The summed E-state index contributed by atoms with van der Waals surface area (Å²) in [6.45, 7) is 1.73. The van der Waals surface area contributed by atoms with Gasteiger partial charge in [-0.1, -0.05) is 17.3 Å². The van der Waals surface area contributed by atoms with Gasteiger partial charge >= 0.3 is 5.97 Å². The summed E-state index contributed by atoms with van der Waals surface area (Å²) in [4.78, 5) is 11.1. The lowest BCUT2D eigenvalue weighted by molar-refractivity contribution is 0.0600. The first-order valence-electron chi connectivity index (χ1n) is 4.52. The highest BCUT2D eigenvalue weighted by Crippen LogP contribution is 2.06. The molecule has 0 heterocycles. The highest BCUT2D eigenvalue weighted by Gasteiger charge is 2.04. The summed E-state index contributed by atoms with van der Waals surface area (Å²) in [6, 6.07) is 6.99. The van der Waals surface area contributed by atoms with Crippen molar-refractivity contribution < 1.29 is 14.7 Å². The van der Waals surface area contributed by atoms with Crippen molar-refractivity contribution >= 4 is 11.7 Å². The van der Waals surface area contributed by atoms with E-state index in [-0.39, 0.29) is 5.97 Å². The summed E-state index contributed by atoms with van der Waals surface area (Å²) in [7, 11) is 1.35. The molecule has 4 heteroatoms. The van der Waals surface area contributed by atoms with Crippen LogP contribution in [0, 0.1) is 0 Å². The van der Waals surface area contributed by atoms with Crippen molar-refractivity contribution in [2.45, 2.75) is 13.3 Å². The average molecular weight is 207 g/mol. The van der Waals surface area contributed by atoms with Crippen molar-refractivity contribution in [3.8, 4) is 0 Å². The van der Waals surface area contributed by atoms with Gasteiger partial charge in [0.1, 0.15) is 0 Å². The number of hydrogen-bond donors (Lipinski definition) is 1. The monoisotopic (exact) mass is 207 g/mol. The number of carbonyl (C=O) groups is 1.